The van der Waals surface area contributed by atoms with E-state index in [0.29, 0.717) is 13.1 Å². The lowest BCUT2D eigenvalue weighted by Gasteiger charge is -2.25. The number of hydrogen-bond acceptors (Lipinski definition) is 5. The van der Waals surface area contributed by atoms with Crippen LogP contribution in [0.5, 0.6) is 0 Å². The van der Waals surface area contributed by atoms with Crippen molar-refractivity contribution in [3.8, 4) is 0 Å². The van der Waals surface area contributed by atoms with E-state index in [9.17, 15) is 14.7 Å². The van der Waals surface area contributed by atoms with Crippen molar-refractivity contribution < 1.29 is 19.4 Å². The number of hydrogen-bond donors (Lipinski definition) is 2. The monoisotopic (exact) mass is 374 g/mol. The third-order valence-corrected chi connectivity index (χ3v) is 4.06. The second-order valence-electron chi connectivity index (χ2n) is 6.05. The molecule has 0 aliphatic heterocycles. The van der Waals surface area contributed by atoms with Gasteiger partial charge in [-0.25, -0.2) is 4.79 Å². The van der Waals surface area contributed by atoms with Gasteiger partial charge in [0.15, 0.2) is 0 Å². The maximum Gasteiger partial charge on any atom is 0.408 e. The molecule has 8 heteroatoms. The molecule has 0 radical (unpaired) electrons. The molecule has 2 N–H and O–H groups in total. The van der Waals surface area contributed by atoms with E-state index in [2.05, 4.69) is 10.4 Å². The van der Waals surface area contributed by atoms with Crippen LogP contribution in [0.4, 0.5) is 4.79 Å². The van der Waals surface area contributed by atoms with E-state index in [1.165, 1.54) is 4.90 Å². The molecule has 27 heavy (non-hydrogen) atoms. The Morgan fingerprint density at radius 3 is 2.70 bits per heavy atom. The van der Waals surface area contributed by atoms with Crippen molar-refractivity contribution in [2.75, 3.05) is 13.2 Å². The molecule has 0 saturated carbocycles. The van der Waals surface area contributed by atoms with Gasteiger partial charge in [0.25, 0.3) is 0 Å². The Hall–Kier alpha value is -2.87. The maximum atomic E-state index is 12.7. The molecule has 0 fully saturated rings. The number of aryl methyl sites for hydroxylation is 1. The van der Waals surface area contributed by atoms with Crippen LogP contribution >= 0.6 is 0 Å². The second-order valence-corrected chi connectivity index (χ2v) is 6.05. The highest BCUT2D eigenvalue weighted by molar-refractivity contribution is 5.85. The largest absolute Gasteiger partial charge is 0.445 e. The number of nitrogens with one attached hydrogen (secondary N) is 1. The van der Waals surface area contributed by atoms with Crippen LogP contribution in [0.25, 0.3) is 0 Å². The minimum atomic E-state index is -0.780. The average molecular weight is 374 g/mol. The zero-order chi connectivity index (χ0) is 19.6. The van der Waals surface area contributed by atoms with Gasteiger partial charge >= 0.3 is 6.09 Å². The number of carbonyl (C=O) groups is 2. The molecule has 2 rings (SSSR count). The van der Waals surface area contributed by atoms with Gasteiger partial charge in [-0.2, -0.15) is 5.10 Å². The number of ether oxygens (including phenoxy) is 1. The Bertz CT molecular complexity index is 732. The van der Waals surface area contributed by atoms with Gasteiger partial charge in [0.1, 0.15) is 12.6 Å². The zero-order valence-corrected chi connectivity index (χ0v) is 15.7. The molecule has 8 nitrogen and oxygen atoms in total. The van der Waals surface area contributed by atoms with Crippen LogP contribution in [0.2, 0.25) is 0 Å². The fourth-order valence-corrected chi connectivity index (χ4v) is 2.64. The number of nitrogens with zero attached hydrogens (tertiary/aromatic N) is 3. The maximum absolute atomic E-state index is 12.7. The summed E-state index contributed by atoms with van der Waals surface area (Å²) in [4.78, 5) is 26.1. The Morgan fingerprint density at radius 1 is 1.30 bits per heavy atom. The molecule has 146 valence electrons. The van der Waals surface area contributed by atoms with Gasteiger partial charge in [0.05, 0.1) is 18.8 Å². The number of rotatable bonds is 9. The molecule has 2 amide bonds. The lowest BCUT2D eigenvalue weighted by molar-refractivity contribution is -0.134. The van der Waals surface area contributed by atoms with Crippen molar-refractivity contribution in [2.24, 2.45) is 0 Å². The Morgan fingerprint density at radius 2 is 2.04 bits per heavy atom. The van der Waals surface area contributed by atoms with Crippen LogP contribution in [0.15, 0.2) is 42.6 Å². The number of aliphatic hydroxyl groups is 1. The van der Waals surface area contributed by atoms with Crippen molar-refractivity contribution >= 4 is 12.0 Å². The highest BCUT2D eigenvalue weighted by Gasteiger charge is 2.23. The lowest BCUT2D eigenvalue weighted by atomic mass is 10.2. The van der Waals surface area contributed by atoms with Gasteiger partial charge in [0.2, 0.25) is 5.91 Å². The fraction of sp³-hybridized carbons (Fsp3) is 0.421. The summed E-state index contributed by atoms with van der Waals surface area (Å²) in [5.74, 6) is -0.301. The molecule has 0 spiro atoms. The van der Waals surface area contributed by atoms with Gasteiger partial charge in [-0.1, -0.05) is 30.3 Å². The van der Waals surface area contributed by atoms with Gasteiger partial charge < -0.3 is 20.1 Å². The summed E-state index contributed by atoms with van der Waals surface area (Å²) in [6, 6.07) is 10.3. The van der Waals surface area contributed by atoms with Crippen molar-refractivity contribution in [2.45, 2.75) is 39.6 Å². The molecule has 1 aromatic heterocycles. The normalized spacial score (nSPS) is 11.7. The van der Waals surface area contributed by atoms with E-state index in [0.717, 1.165) is 11.3 Å². The molecular weight excluding hydrogens is 348 g/mol. The second kappa shape index (κ2) is 10.3. The van der Waals surface area contributed by atoms with Crippen molar-refractivity contribution in [1.82, 2.24) is 20.0 Å². The van der Waals surface area contributed by atoms with E-state index in [1.54, 1.807) is 17.8 Å². The summed E-state index contributed by atoms with van der Waals surface area (Å²) >= 11 is 0. The highest BCUT2D eigenvalue weighted by Crippen LogP contribution is 2.07. The number of aromatic nitrogens is 2. The van der Waals surface area contributed by atoms with Crippen LogP contribution in [0.1, 0.15) is 25.1 Å². The first-order chi connectivity index (χ1) is 13.0. The standard InChI is InChI=1S/C19H26N4O4/c1-3-23-17(9-10-20-23)13-22(11-12-24)18(25)15(2)21-19(26)27-14-16-7-5-4-6-8-16/h4-10,15,24H,3,11-14H2,1-2H3,(H,21,26)/t15-/m0/s1. The molecule has 0 saturated heterocycles. The third-order valence-electron chi connectivity index (χ3n) is 4.06. The molecule has 0 aliphatic rings. The van der Waals surface area contributed by atoms with E-state index >= 15 is 0 Å². The third kappa shape index (κ3) is 6.10. The predicted octanol–water partition coefficient (Wildman–Crippen LogP) is 1.54. The molecule has 0 unspecified atom stereocenters. The first-order valence-electron chi connectivity index (χ1n) is 8.92. The minimum absolute atomic E-state index is 0.129. The quantitative estimate of drug-likeness (QED) is 0.694. The molecule has 2 aromatic rings. The fourth-order valence-electron chi connectivity index (χ4n) is 2.64. The van der Waals surface area contributed by atoms with Crippen molar-refractivity contribution in [3.05, 3.63) is 53.9 Å². The number of aliphatic hydroxyl groups excluding tert-OH is 1. The summed E-state index contributed by atoms with van der Waals surface area (Å²) in [6.07, 6.45) is 1.01. The smallest absolute Gasteiger partial charge is 0.408 e. The first-order valence-corrected chi connectivity index (χ1v) is 8.92. The Kier molecular flexibility index (Phi) is 7.81. The van der Waals surface area contributed by atoms with E-state index in [4.69, 9.17) is 4.74 Å². The average Bonchev–Trinajstić information content (AvgIpc) is 3.13. The molecule has 1 aromatic carbocycles. The predicted molar refractivity (Wildman–Crippen MR) is 99.6 cm³/mol. The van der Waals surface area contributed by atoms with Gasteiger partial charge in [-0.15, -0.1) is 0 Å². The van der Waals surface area contributed by atoms with Crippen LogP contribution in [0.3, 0.4) is 0 Å². The van der Waals surface area contributed by atoms with Crippen LogP contribution in [0, 0.1) is 0 Å². The number of benzene rings is 1. The molecule has 1 atom stereocenters. The van der Waals surface area contributed by atoms with Gasteiger partial charge in [0, 0.05) is 19.3 Å². The van der Waals surface area contributed by atoms with E-state index < -0.39 is 12.1 Å². The summed E-state index contributed by atoms with van der Waals surface area (Å²) in [5.41, 5.74) is 1.72. The number of amides is 2. The van der Waals surface area contributed by atoms with Crippen LogP contribution < -0.4 is 5.32 Å². The highest BCUT2D eigenvalue weighted by atomic mass is 16.5. The van der Waals surface area contributed by atoms with Crippen LogP contribution in [-0.4, -0.2) is 51.0 Å². The number of alkyl carbamates (subject to hydrolysis) is 1. The molecular formula is C19H26N4O4. The molecule has 0 aliphatic carbocycles. The summed E-state index contributed by atoms with van der Waals surface area (Å²) in [6.45, 7) is 4.66. The first kappa shape index (κ1) is 20.4. The topological polar surface area (TPSA) is 96.7 Å². The van der Waals surface area contributed by atoms with Gasteiger partial charge in [-0.3, -0.25) is 9.48 Å². The Labute approximate surface area is 158 Å². The summed E-state index contributed by atoms with van der Waals surface area (Å²) < 4.78 is 6.93. The van der Waals surface area contributed by atoms with E-state index in [1.807, 2.05) is 43.3 Å². The van der Waals surface area contributed by atoms with Crippen molar-refractivity contribution in [3.63, 3.8) is 0 Å². The zero-order valence-electron chi connectivity index (χ0n) is 15.7. The summed E-state index contributed by atoms with van der Waals surface area (Å²) in [7, 11) is 0. The molecule has 1 heterocycles. The van der Waals surface area contributed by atoms with Gasteiger partial charge in [-0.05, 0) is 25.5 Å². The summed E-state index contributed by atoms with van der Waals surface area (Å²) in [5, 5.41) is 16.0. The lowest BCUT2D eigenvalue weighted by Crippen LogP contribution is -2.47. The van der Waals surface area contributed by atoms with E-state index in [-0.39, 0.29) is 25.7 Å². The minimum Gasteiger partial charge on any atom is -0.445 e. The van der Waals surface area contributed by atoms with Crippen LogP contribution in [-0.2, 0) is 29.2 Å². The SMILES string of the molecule is CCn1nccc1CN(CCO)C(=O)[C@H](C)NC(=O)OCc1ccccc1. The Balaban J connectivity index is 1.90. The molecule has 0 bridgehead atoms. The number of carbonyl (C=O) groups excluding carboxylic acids is 2. The van der Waals surface area contributed by atoms with Crippen molar-refractivity contribution in [1.29, 1.82) is 0 Å².